The molecule has 0 radical (unpaired) electrons. The number of piperidine rings is 1. The van der Waals surface area contributed by atoms with Gasteiger partial charge in [-0.15, -0.1) is 0 Å². The Hall–Kier alpha value is -1.45. The van der Waals surface area contributed by atoms with Crippen LogP contribution in [0.4, 0.5) is 0 Å². The first kappa shape index (κ1) is 20.3. The van der Waals surface area contributed by atoms with Crippen molar-refractivity contribution >= 4 is 27.4 Å². The second-order valence-corrected chi connectivity index (χ2v) is 7.93. The molecule has 0 saturated carbocycles. The highest BCUT2D eigenvalue weighted by Gasteiger charge is 2.55. The minimum absolute atomic E-state index is 0.00525. The number of hydrogen-bond acceptors (Lipinski definition) is 6. The largest absolute Gasteiger partial charge is 0.509 e. The molecule has 1 saturated heterocycles. The Morgan fingerprint density at radius 1 is 1.22 bits per heavy atom. The van der Waals surface area contributed by atoms with E-state index in [1.54, 1.807) is 7.11 Å². The number of hydrogen-bond donors (Lipinski definition) is 2. The number of amides is 1. The smallest absolute Gasteiger partial charge is 0.282 e. The molecule has 1 amide bonds. The Morgan fingerprint density at radius 3 is 2.48 bits per heavy atom. The lowest BCUT2D eigenvalue weighted by Gasteiger charge is -2.41. The molecule has 7 nitrogen and oxygen atoms in total. The molecule has 2 N–H and O–H groups in total. The molecule has 0 aromatic heterocycles. The van der Waals surface area contributed by atoms with Gasteiger partial charge in [0.1, 0.15) is 11.3 Å². The molecule has 27 heavy (non-hydrogen) atoms. The first-order valence-electron chi connectivity index (χ1n) is 8.93. The van der Waals surface area contributed by atoms with Crippen LogP contribution in [0.15, 0.2) is 22.4 Å². The van der Waals surface area contributed by atoms with Gasteiger partial charge in [-0.1, -0.05) is 22.0 Å². The molecule has 8 heteroatoms. The molecule has 2 aliphatic heterocycles. The van der Waals surface area contributed by atoms with Crippen molar-refractivity contribution in [2.24, 2.45) is 0 Å². The van der Waals surface area contributed by atoms with E-state index in [0.717, 1.165) is 15.6 Å². The summed E-state index contributed by atoms with van der Waals surface area (Å²) in [7, 11) is 1.56. The van der Waals surface area contributed by atoms with Gasteiger partial charge in [-0.2, -0.15) is 5.06 Å². The van der Waals surface area contributed by atoms with Crippen LogP contribution >= 0.6 is 15.9 Å². The van der Waals surface area contributed by atoms with E-state index >= 15 is 0 Å². The van der Waals surface area contributed by atoms with E-state index in [2.05, 4.69) is 15.9 Å². The summed E-state index contributed by atoms with van der Waals surface area (Å²) in [5, 5.41) is 23.5. The summed E-state index contributed by atoms with van der Waals surface area (Å²) in [5.41, 5.74) is 1.90. The van der Waals surface area contributed by atoms with Crippen LogP contribution in [0.3, 0.4) is 0 Å². The van der Waals surface area contributed by atoms with Gasteiger partial charge >= 0.3 is 0 Å². The molecule has 1 aromatic rings. The van der Waals surface area contributed by atoms with E-state index in [0.29, 0.717) is 38.1 Å². The summed E-state index contributed by atoms with van der Waals surface area (Å²) in [6.45, 7) is 5.09. The number of ether oxygens (including phenoxy) is 1. The third-order valence-electron chi connectivity index (χ3n) is 5.22. The second-order valence-electron chi connectivity index (χ2n) is 7.07. The molecule has 0 aliphatic carbocycles. The highest BCUT2D eigenvalue weighted by molar-refractivity contribution is 9.10. The van der Waals surface area contributed by atoms with Crippen LogP contribution in [0, 0.1) is 13.8 Å². The van der Waals surface area contributed by atoms with Crippen molar-refractivity contribution in [1.82, 2.24) is 10.1 Å². The zero-order valence-corrected chi connectivity index (χ0v) is 17.4. The monoisotopic (exact) mass is 440 g/mol. The summed E-state index contributed by atoms with van der Waals surface area (Å²) >= 11 is 3.54. The van der Waals surface area contributed by atoms with Gasteiger partial charge in [0.15, 0.2) is 0 Å². The van der Waals surface area contributed by atoms with Crippen LogP contribution in [0.25, 0.3) is 5.57 Å². The van der Waals surface area contributed by atoms with Gasteiger partial charge in [0, 0.05) is 30.2 Å². The molecule has 1 fully saturated rings. The molecule has 0 bridgehead atoms. The quantitative estimate of drug-likeness (QED) is 0.684. The number of methoxy groups -OCH3 is 1. The maximum Gasteiger partial charge on any atom is 0.282 e. The van der Waals surface area contributed by atoms with E-state index in [1.165, 1.54) is 10.1 Å². The maximum absolute atomic E-state index is 13.3. The number of carbonyl (C=O) groups is 1. The first-order valence-corrected chi connectivity index (χ1v) is 9.72. The van der Waals surface area contributed by atoms with Gasteiger partial charge < -0.3 is 15.1 Å². The summed E-state index contributed by atoms with van der Waals surface area (Å²) in [4.78, 5) is 19.1. The molecule has 1 aromatic carbocycles. The highest BCUT2D eigenvalue weighted by Crippen LogP contribution is 2.47. The van der Waals surface area contributed by atoms with Crippen LogP contribution in [-0.2, 0) is 14.4 Å². The number of nitrogens with zero attached hydrogens (tertiary/aromatic N) is 2. The van der Waals surface area contributed by atoms with Crippen molar-refractivity contribution in [2.75, 3.05) is 33.4 Å². The second kappa shape index (κ2) is 7.89. The Bertz CT molecular complexity index is 748. The Labute approximate surface area is 167 Å². The Kier molecular flexibility index (Phi) is 5.93. The number of aliphatic hydroxyl groups is 1. The molecule has 0 unspecified atom stereocenters. The van der Waals surface area contributed by atoms with Gasteiger partial charge in [-0.3, -0.25) is 9.63 Å². The number of carbonyl (C=O) groups excluding carboxylic acids is 1. The zero-order chi connectivity index (χ0) is 19.8. The fourth-order valence-corrected chi connectivity index (χ4v) is 4.75. The van der Waals surface area contributed by atoms with Crippen molar-refractivity contribution in [3.63, 3.8) is 0 Å². The molecule has 2 heterocycles. The van der Waals surface area contributed by atoms with Crippen molar-refractivity contribution in [2.45, 2.75) is 32.2 Å². The molecular formula is C19H25BrN2O5. The van der Waals surface area contributed by atoms with Gasteiger partial charge in [-0.25, -0.2) is 5.06 Å². The van der Waals surface area contributed by atoms with Crippen molar-refractivity contribution in [1.29, 1.82) is 0 Å². The number of halogens is 1. The lowest BCUT2D eigenvalue weighted by Crippen LogP contribution is -2.54. The predicted molar refractivity (Wildman–Crippen MR) is 103 cm³/mol. The van der Waals surface area contributed by atoms with E-state index in [-0.39, 0.29) is 23.8 Å². The molecule has 1 spiro atoms. The van der Waals surface area contributed by atoms with Crippen molar-refractivity contribution in [3.05, 3.63) is 39.1 Å². The van der Waals surface area contributed by atoms with Crippen molar-refractivity contribution < 1.29 is 24.7 Å². The zero-order valence-electron chi connectivity index (χ0n) is 15.8. The third kappa shape index (κ3) is 3.52. The summed E-state index contributed by atoms with van der Waals surface area (Å²) in [5.74, 6) is -0.367. The van der Waals surface area contributed by atoms with E-state index in [9.17, 15) is 15.1 Å². The predicted octanol–water partition coefficient (Wildman–Crippen LogP) is 2.98. The molecule has 0 atom stereocenters. The molecule has 3 rings (SSSR count). The number of hydroxylamine groups is 4. The lowest BCUT2D eigenvalue weighted by atomic mass is 9.85. The Balaban J connectivity index is 2.08. The summed E-state index contributed by atoms with van der Waals surface area (Å²) in [6, 6.07) is 3.90. The number of rotatable bonds is 5. The van der Waals surface area contributed by atoms with Crippen LogP contribution in [-0.4, -0.2) is 65.3 Å². The topological polar surface area (TPSA) is 82.5 Å². The molecular weight excluding hydrogens is 416 g/mol. The fraction of sp³-hybridized carbons (Fsp3) is 0.526. The first-order chi connectivity index (χ1) is 12.8. The van der Waals surface area contributed by atoms with Crippen LogP contribution in [0.2, 0.25) is 0 Å². The normalized spacial score (nSPS) is 20.2. The molecule has 148 valence electrons. The standard InChI is InChI=1S/C19H25BrN2O5/c1-12-10-13(2)15(14(20)11-12)16-17(23)19(4-6-21(25)7-5-19)22(18(16)24)27-9-8-26-3/h10-11,23,25H,4-9H2,1-3H3. The average molecular weight is 441 g/mol. The SMILES string of the molecule is COCCON1C(=O)C(c2c(C)cc(C)cc2Br)=C(O)C12CCN(O)CC2. The van der Waals surface area contributed by atoms with Gasteiger partial charge in [-0.05, 0) is 43.9 Å². The summed E-state index contributed by atoms with van der Waals surface area (Å²) in [6.07, 6.45) is 0.750. The van der Waals surface area contributed by atoms with Crippen LogP contribution in [0.5, 0.6) is 0 Å². The number of aliphatic hydroxyl groups excluding tert-OH is 1. The average Bonchev–Trinajstić information content (AvgIpc) is 2.79. The number of benzene rings is 1. The van der Waals surface area contributed by atoms with E-state index in [4.69, 9.17) is 9.57 Å². The van der Waals surface area contributed by atoms with Gasteiger partial charge in [0.05, 0.1) is 18.8 Å². The van der Waals surface area contributed by atoms with Gasteiger partial charge in [0.2, 0.25) is 0 Å². The van der Waals surface area contributed by atoms with Crippen LogP contribution < -0.4 is 0 Å². The minimum atomic E-state index is -0.976. The van der Waals surface area contributed by atoms with E-state index in [1.807, 2.05) is 26.0 Å². The lowest BCUT2D eigenvalue weighted by molar-refractivity contribution is -0.231. The van der Waals surface area contributed by atoms with E-state index < -0.39 is 5.54 Å². The summed E-state index contributed by atoms with van der Waals surface area (Å²) < 4.78 is 5.78. The Morgan fingerprint density at radius 2 is 1.89 bits per heavy atom. The van der Waals surface area contributed by atoms with Crippen LogP contribution in [0.1, 0.15) is 29.5 Å². The third-order valence-corrected chi connectivity index (χ3v) is 5.85. The number of aryl methyl sites for hydroxylation is 2. The fourth-order valence-electron chi connectivity index (χ4n) is 3.88. The van der Waals surface area contributed by atoms with Gasteiger partial charge in [0.25, 0.3) is 5.91 Å². The maximum atomic E-state index is 13.3. The molecule has 2 aliphatic rings. The highest BCUT2D eigenvalue weighted by atomic mass is 79.9. The minimum Gasteiger partial charge on any atom is -0.509 e. The van der Waals surface area contributed by atoms with Crippen molar-refractivity contribution in [3.8, 4) is 0 Å².